The first-order chi connectivity index (χ1) is 9.92. The van der Waals surface area contributed by atoms with Gasteiger partial charge in [-0.2, -0.15) is 8.42 Å². The first-order valence-corrected chi connectivity index (χ1v) is 7.50. The van der Waals surface area contributed by atoms with E-state index in [1.165, 1.54) is 0 Å². The summed E-state index contributed by atoms with van der Waals surface area (Å²) in [6.07, 6.45) is 0. The lowest BCUT2D eigenvalue weighted by molar-refractivity contribution is 0.0656. The molecule has 1 aromatic heterocycles. The molecule has 3 N–H and O–H groups in total. The molecule has 7 nitrogen and oxygen atoms in total. The van der Waals surface area contributed by atoms with Crippen molar-refractivity contribution in [2.24, 2.45) is 0 Å². The number of carboxylic acids is 1. The second-order valence-electron chi connectivity index (χ2n) is 4.26. The number of aromatic carboxylic acids is 1. The first-order valence-electron chi connectivity index (χ1n) is 6.02. The van der Waals surface area contributed by atoms with Crippen molar-refractivity contribution in [1.82, 2.24) is 5.32 Å². The minimum atomic E-state index is -3.96. The molecule has 0 aliphatic rings. The average molecular weight is 310 g/mol. The number of carboxylic acid groups (broad SMARTS) is 1. The molecule has 0 saturated carbocycles. The Morgan fingerprint density at radius 2 is 2.05 bits per heavy atom. The van der Waals surface area contributed by atoms with Crippen molar-refractivity contribution >= 4 is 21.7 Å². The topological polar surface area (TPSA) is 109 Å². The summed E-state index contributed by atoms with van der Waals surface area (Å²) in [6, 6.07) is 9.03. The van der Waals surface area contributed by atoms with Crippen LogP contribution in [0.2, 0.25) is 0 Å². The van der Waals surface area contributed by atoms with Gasteiger partial charge < -0.3 is 14.8 Å². The molecular weight excluding hydrogens is 296 g/mol. The third-order valence-corrected chi connectivity index (χ3v) is 3.87. The Kier molecular flexibility index (Phi) is 4.29. The summed E-state index contributed by atoms with van der Waals surface area (Å²) in [5.74, 6) is -1.76. The van der Waals surface area contributed by atoms with E-state index in [0.717, 1.165) is 17.7 Å². The number of sulfonamides is 1. The SMILES string of the molecule is CNCc1cccc(NS(=O)(=O)c2ccc(C(=O)O)o2)c1. The molecule has 112 valence electrons. The van der Waals surface area contributed by atoms with Crippen LogP contribution >= 0.6 is 0 Å². The highest BCUT2D eigenvalue weighted by molar-refractivity contribution is 7.92. The zero-order valence-corrected chi connectivity index (χ0v) is 12.0. The van der Waals surface area contributed by atoms with Crippen molar-refractivity contribution in [3.8, 4) is 0 Å². The number of furan rings is 1. The summed E-state index contributed by atoms with van der Waals surface area (Å²) < 4.78 is 31.3. The van der Waals surface area contributed by atoms with E-state index in [4.69, 9.17) is 9.52 Å². The normalized spacial score (nSPS) is 11.3. The zero-order chi connectivity index (χ0) is 15.5. The lowest BCUT2D eigenvalue weighted by atomic mass is 10.2. The summed E-state index contributed by atoms with van der Waals surface area (Å²) in [5, 5.41) is 11.2. The summed E-state index contributed by atoms with van der Waals surface area (Å²) in [5.41, 5.74) is 1.28. The van der Waals surface area contributed by atoms with E-state index < -0.39 is 26.8 Å². The molecule has 0 aliphatic heterocycles. The molecule has 8 heteroatoms. The summed E-state index contributed by atoms with van der Waals surface area (Å²) in [4.78, 5) is 10.7. The van der Waals surface area contributed by atoms with Gasteiger partial charge in [0.1, 0.15) is 0 Å². The summed E-state index contributed by atoms with van der Waals surface area (Å²) >= 11 is 0. The zero-order valence-electron chi connectivity index (χ0n) is 11.2. The molecule has 0 unspecified atom stereocenters. The fraction of sp³-hybridized carbons (Fsp3) is 0.154. The highest BCUT2D eigenvalue weighted by Crippen LogP contribution is 2.19. The van der Waals surface area contributed by atoms with Gasteiger partial charge in [0.2, 0.25) is 10.9 Å². The molecule has 0 bridgehead atoms. The van der Waals surface area contributed by atoms with Gasteiger partial charge in [-0.3, -0.25) is 4.72 Å². The molecule has 2 rings (SSSR count). The first kappa shape index (κ1) is 15.1. The van der Waals surface area contributed by atoms with Crippen LogP contribution in [0.3, 0.4) is 0 Å². The van der Waals surface area contributed by atoms with E-state index in [1.54, 1.807) is 25.2 Å². The molecule has 1 heterocycles. The highest BCUT2D eigenvalue weighted by Gasteiger charge is 2.21. The highest BCUT2D eigenvalue weighted by atomic mass is 32.2. The quantitative estimate of drug-likeness (QED) is 0.746. The fourth-order valence-electron chi connectivity index (χ4n) is 1.73. The van der Waals surface area contributed by atoms with Crippen molar-refractivity contribution in [1.29, 1.82) is 0 Å². The van der Waals surface area contributed by atoms with Crippen molar-refractivity contribution in [2.45, 2.75) is 11.6 Å². The lowest BCUT2D eigenvalue weighted by Gasteiger charge is -2.07. The van der Waals surface area contributed by atoms with Gasteiger partial charge in [-0.15, -0.1) is 0 Å². The minimum Gasteiger partial charge on any atom is -0.475 e. The second-order valence-corrected chi connectivity index (χ2v) is 5.87. The second kappa shape index (κ2) is 5.98. The smallest absolute Gasteiger partial charge is 0.371 e. The van der Waals surface area contributed by atoms with E-state index in [2.05, 4.69) is 10.0 Å². The van der Waals surface area contributed by atoms with Crippen LogP contribution in [0.15, 0.2) is 45.9 Å². The number of hydrogen-bond donors (Lipinski definition) is 3. The Morgan fingerprint density at radius 3 is 2.67 bits per heavy atom. The van der Waals surface area contributed by atoms with E-state index in [1.807, 2.05) is 6.07 Å². The van der Waals surface area contributed by atoms with E-state index in [-0.39, 0.29) is 0 Å². The lowest BCUT2D eigenvalue weighted by Crippen LogP contribution is -2.13. The van der Waals surface area contributed by atoms with E-state index >= 15 is 0 Å². The van der Waals surface area contributed by atoms with Crippen molar-refractivity contribution in [2.75, 3.05) is 11.8 Å². The number of rotatable bonds is 6. The third kappa shape index (κ3) is 3.61. The van der Waals surface area contributed by atoms with Crippen LogP contribution in [0.5, 0.6) is 0 Å². The molecule has 0 radical (unpaired) electrons. The molecule has 2 aromatic rings. The standard InChI is InChI=1S/C13H14N2O5S/c1-14-8-9-3-2-4-10(7-9)15-21(18,19)12-6-5-11(20-12)13(16)17/h2-7,14-15H,8H2,1H3,(H,16,17). The van der Waals surface area contributed by atoms with Crippen molar-refractivity contribution in [3.05, 3.63) is 47.7 Å². The molecule has 0 spiro atoms. The van der Waals surface area contributed by atoms with Gasteiger partial charge in [-0.25, -0.2) is 4.79 Å². The molecule has 0 amide bonds. The molecule has 0 fully saturated rings. The van der Waals surface area contributed by atoms with Crippen LogP contribution in [-0.2, 0) is 16.6 Å². The van der Waals surface area contributed by atoms with Crippen molar-refractivity contribution < 1.29 is 22.7 Å². The van der Waals surface area contributed by atoms with Gasteiger partial charge in [0.15, 0.2) is 0 Å². The van der Waals surface area contributed by atoms with Gasteiger partial charge >= 0.3 is 5.97 Å². The monoisotopic (exact) mass is 310 g/mol. The Bertz CT molecular complexity index is 751. The molecule has 0 aliphatic carbocycles. The average Bonchev–Trinajstić information content (AvgIpc) is 2.89. The Labute approximate surface area is 121 Å². The molecule has 1 aromatic carbocycles. The van der Waals surface area contributed by atoms with Gasteiger partial charge in [0.25, 0.3) is 10.0 Å². The minimum absolute atomic E-state index is 0.371. The van der Waals surface area contributed by atoms with Gasteiger partial charge in [-0.1, -0.05) is 12.1 Å². The number of benzene rings is 1. The summed E-state index contributed by atoms with van der Waals surface area (Å²) in [7, 11) is -2.17. The third-order valence-electron chi connectivity index (χ3n) is 2.62. The van der Waals surface area contributed by atoms with Gasteiger partial charge in [0.05, 0.1) is 0 Å². The van der Waals surface area contributed by atoms with Gasteiger partial charge in [-0.05, 0) is 36.9 Å². The van der Waals surface area contributed by atoms with Crippen LogP contribution in [0.4, 0.5) is 5.69 Å². The number of anilines is 1. The van der Waals surface area contributed by atoms with Crippen LogP contribution in [0.25, 0.3) is 0 Å². The molecule has 0 saturated heterocycles. The Balaban J connectivity index is 2.24. The molecular formula is C13H14N2O5S. The van der Waals surface area contributed by atoms with E-state index in [9.17, 15) is 13.2 Å². The van der Waals surface area contributed by atoms with Crippen molar-refractivity contribution in [3.63, 3.8) is 0 Å². The summed E-state index contributed by atoms with van der Waals surface area (Å²) in [6.45, 7) is 0.597. The fourth-order valence-corrected chi connectivity index (χ4v) is 2.72. The maximum atomic E-state index is 12.1. The Hall–Kier alpha value is -2.32. The predicted octanol–water partition coefficient (Wildman–Crippen LogP) is 1.50. The maximum absolute atomic E-state index is 12.1. The largest absolute Gasteiger partial charge is 0.475 e. The maximum Gasteiger partial charge on any atom is 0.371 e. The number of hydrogen-bond acceptors (Lipinski definition) is 5. The Morgan fingerprint density at radius 1 is 1.29 bits per heavy atom. The predicted molar refractivity (Wildman–Crippen MR) is 75.7 cm³/mol. The molecule has 21 heavy (non-hydrogen) atoms. The molecule has 0 atom stereocenters. The van der Waals surface area contributed by atoms with Crippen LogP contribution in [-0.4, -0.2) is 26.5 Å². The van der Waals surface area contributed by atoms with E-state index in [0.29, 0.717) is 12.2 Å². The van der Waals surface area contributed by atoms with Crippen LogP contribution < -0.4 is 10.0 Å². The number of carbonyl (C=O) groups is 1. The van der Waals surface area contributed by atoms with Crippen LogP contribution in [0, 0.1) is 0 Å². The van der Waals surface area contributed by atoms with Gasteiger partial charge in [0, 0.05) is 12.2 Å². The number of nitrogens with one attached hydrogen (secondary N) is 2. The van der Waals surface area contributed by atoms with Crippen LogP contribution in [0.1, 0.15) is 16.1 Å².